The van der Waals surface area contributed by atoms with Gasteiger partial charge in [-0.3, -0.25) is 0 Å². The highest BCUT2D eigenvalue weighted by molar-refractivity contribution is 5.60. The van der Waals surface area contributed by atoms with E-state index in [4.69, 9.17) is 56.8 Å². The maximum atomic E-state index is 15.0. The van der Waals surface area contributed by atoms with Crippen LogP contribution in [-0.2, 0) is 103 Å². The van der Waals surface area contributed by atoms with Gasteiger partial charge in [0.05, 0.1) is 59.5 Å². The molecule has 396 valence electrons. The van der Waals surface area contributed by atoms with Crippen LogP contribution in [0.15, 0.2) is 212 Å². The van der Waals surface area contributed by atoms with Crippen LogP contribution in [0.5, 0.6) is 0 Å². The van der Waals surface area contributed by atoms with Crippen LogP contribution in [0.4, 0.5) is 4.79 Å². The van der Waals surface area contributed by atoms with Gasteiger partial charge >= 0.3 is 6.16 Å². The van der Waals surface area contributed by atoms with Gasteiger partial charge in [-0.05, 0) is 38.9 Å². The van der Waals surface area contributed by atoms with E-state index in [1.165, 1.54) is 7.11 Å². The zero-order chi connectivity index (χ0) is 52.0. The van der Waals surface area contributed by atoms with Gasteiger partial charge in [-0.1, -0.05) is 212 Å². The van der Waals surface area contributed by atoms with Crippen LogP contribution in [0.3, 0.4) is 0 Å². The van der Waals surface area contributed by atoms with Crippen molar-refractivity contribution in [3.05, 3.63) is 251 Å². The Morgan fingerprint density at radius 1 is 0.329 bits per heavy atom. The Hall–Kier alpha value is -6.59. The minimum atomic E-state index is -1.41. The lowest BCUT2D eigenvalue weighted by atomic mass is 9.97. The molecular formula is C63H66O13. The molecule has 0 N–H and O–H groups in total. The fraction of sp³-hybridized carbons (Fsp3) is 0.317. The summed E-state index contributed by atoms with van der Waals surface area (Å²) in [5, 5.41) is 0. The number of carbonyl (C=O) groups excluding carboxylic acids is 1. The van der Waals surface area contributed by atoms with E-state index in [-0.39, 0.29) is 52.9 Å². The number of rotatable bonds is 26. The Morgan fingerprint density at radius 3 is 0.961 bits per heavy atom. The van der Waals surface area contributed by atoms with Crippen LogP contribution in [0, 0.1) is 0 Å². The Morgan fingerprint density at radius 2 is 0.605 bits per heavy atom. The first-order valence-corrected chi connectivity index (χ1v) is 25.8. The molecule has 0 aromatic heterocycles. The van der Waals surface area contributed by atoms with Crippen molar-refractivity contribution >= 4 is 6.16 Å². The highest BCUT2D eigenvalue weighted by Crippen LogP contribution is 2.35. The summed E-state index contributed by atoms with van der Waals surface area (Å²) in [6, 6.07) is 68.5. The minimum absolute atomic E-state index is 0.0112. The third-order valence-corrected chi connectivity index (χ3v) is 13.1. The third-order valence-electron chi connectivity index (χ3n) is 13.1. The molecule has 2 aliphatic heterocycles. The molecule has 10 atom stereocenters. The van der Waals surface area contributed by atoms with E-state index < -0.39 is 67.6 Å². The third kappa shape index (κ3) is 16.0. The summed E-state index contributed by atoms with van der Waals surface area (Å²) in [5.41, 5.74) is 6.48. The highest BCUT2D eigenvalue weighted by Gasteiger charge is 2.53. The quantitative estimate of drug-likeness (QED) is 0.0478. The zero-order valence-electron chi connectivity index (χ0n) is 42.7. The molecule has 2 saturated heterocycles. The fourth-order valence-corrected chi connectivity index (χ4v) is 9.19. The normalized spacial score (nSPS) is 23.4. The molecule has 0 saturated carbocycles. The molecule has 1 unspecified atom stereocenters. The number of ether oxygens (including phenoxy) is 12. The van der Waals surface area contributed by atoms with Gasteiger partial charge in [-0.2, -0.15) is 0 Å². The van der Waals surface area contributed by atoms with E-state index >= 15 is 0 Å². The molecule has 13 nitrogen and oxygen atoms in total. The van der Waals surface area contributed by atoms with Gasteiger partial charge in [-0.25, -0.2) is 4.79 Å². The van der Waals surface area contributed by atoms with E-state index in [0.29, 0.717) is 6.61 Å². The molecule has 2 aliphatic rings. The van der Waals surface area contributed by atoms with Gasteiger partial charge in [0.25, 0.3) is 0 Å². The van der Waals surface area contributed by atoms with Gasteiger partial charge in [0.1, 0.15) is 42.7 Å². The predicted molar refractivity (Wildman–Crippen MR) is 283 cm³/mol. The maximum absolute atomic E-state index is 15.0. The molecule has 9 rings (SSSR count). The van der Waals surface area contributed by atoms with Crippen LogP contribution in [0.25, 0.3) is 0 Å². The van der Waals surface area contributed by atoms with Crippen LogP contribution < -0.4 is 0 Å². The van der Waals surface area contributed by atoms with Crippen LogP contribution in [0.2, 0.25) is 0 Å². The van der Waals surface area contributed by atoms with Crippen molar-refractivity contribution < 1.29 is 61.6 Å². The van der Waals surface area contributed by atoms with Gasteiger partial charge in [0.2, 0.25) is 6.29 Å². The van der Waals surface area contributed by atoms with Crippen molar-refractivity contribution in [2.24, 2.45) is 0 Å². The van der Waals surface area contributed by atoms with Crippen molar-refractivity contribution in [1.29, 1.82) is 0 Å². The van der Waals surface area contributed by atoms with Crippen LogP contribution >= 0.6 is 0 Å². The van der Waals surface area contributed by atoms with Crippen molar-refractivity contribution in [3.8, 4) is 0 Å². The summed E-state index contributed by atoms with van der Waals surface area (Å²) >= 11 is 0. The first-order chi connectivity index (χ1) is 37.6. The number of benzene rings is 7. The molecule has 2 heterocycles. The minimum Gasteiger partial charge on any atom is -0.425 e. The topological polar surface area (TPSA) is 128 Å². The largest absolute Gasteiger partial charge is 0.511 e. The molecule has 0 spiro atoms. The maximum Gasteiger partial charge on any atom is 0.511 e. The van der Waals surface area contributed by atoms with Crippen molar-refractivity contribution in [1.82, 2.24) is 0 Å². The first-order valence-electron chi connectivity index (χ1n) is 25.8. The summed E-state index contributed by atoms with van der Waals surface area (Å²) < 4.78 is 79.1. The Balaban J connectivity index is 1.04. The van der Waals surface area contributed by atoms with Gasteiger partial charge < -0.3 is 56.8 Å². The molecule has 0 amide bonds. The molecule has 0 radical (unpaired) electrons. The standard InChI is InChI=1S/C63H66O13/c1-65-61-59(71-42-51-33-19-7-20-34-51)58(70-41-50-31-17-6-18-32-50)56(54(73-61)45-67-38-47-25-11-3-12-26-47)75-63(64)76-62-60(72-43-52-35-21-8-22-36-52)57(69-40-49-29-15-5-16-30-49)55(68-39-48-27-13-4-14-28-48)53(74-62)44-66-37-46-23-9-2-10-24-46/h2-36,53-62H,37-45H2,1H3/t53-,54-,55-,56-,57+,58+,59-,60-,61+,62?/m1/s1. The Kier molecular flexibility index (Phi) is 20.7. The average Bonchev–Trinajstić information content (AvgIpc) is 3.48. The monoisotopic (exact) mass is 1030 g/mol. The van der Waals surface area contributed by atoms with Crippen LogP contribution in [0.1, 0.15) is 38.9 Å². The summed E-state index contributed by atoms with van der Waals surface area (Å²) in [6.07, 6.45) is -10.9. The average molecular weight is 1030 g/mol. The molecule has 0 aliphatic carbocycles. The SMILES string of the molecule is CO[C@H]1O[C@H](COCc2ccccc2)[C@@H](OC(=O)OC2O[C@H](COCc3ccccc3)[C@@H](OCc3ccccc3)[C@H](OCc3ccccc3)[C@H]2OCc2ccccc2)[C@H](OCc2ccccc2)[C@H]1OCc1ccccc1. The smallest absolute Gasteiger partial charge is 0.425 e. The fourth-order valence-electron chi connectivity index (χ4n) is 9.19. The molecule has 7 aromatic rings. The number of carbonyl (C=O) groups is 1. The second kappa shape index (κ2) is 29.1. The van der Waals surface area contributed by atoms with Gasteiger partial charge in [0.15, 0.2) is 12.4 Å². The van der Waals surface area contributed by atoms with Crippen molar-refractivity contribution in [3.63, 3.8) is 0 Å². The molecule has 7 aromatic carbocycles. The van der Waals surface area contributed by atoms with Crippen molar-refractivity contribution in [2.45, 2.75) is 108 Å². The van der Waals surface area contributed by atoms with Crippen LogP contribution in [-0.4, -0.2) is 87.9 Å². The number of hydrogen-bond acceptors (Lipinski definition) is 13. The molecule has 76 heavy (non-hydrogen) atoms. The molecular weight excluding hydrogens is 965 g/mol. The molecule has 0 bridgehead atoms. The lowest BCUT2D eigenvalue weighted by Crippen LogP contribution is -2.63. The van der Waals surface area contributed by atoms with E-state index in [0.717, 1.165) is 38.9 Å². The number of hydrogen-bond donors (Lipinski definition) is 0. The number of methoxy groups -OCH3 is 1. The van der Waals surface area contributed by atoms with E-state index in [1.807, 2.05) is 212 Å². The zero-order valence-corrected chi connectivity index (χ0v) is 42.7. The Labute approximate surface area is 445 Å². The summed E-state index contributed by atoms with van der Waals surface area (Å²) in [5.74, 6) is 0. The summed E-state index contributed by atoms with van der Waals surface area (Å²) in [4.78, 5) is 15.0. The lowest BCUT2D eigenvalue weighted by molar-refractivity contribution is -0.330. The lowest BCUT2D eigenvalue weighted by Gasteiger charge is -2.46. The summed E-state index contributed by atoms with van der Waals surface area (Å²) in [6.45, 7) is 1.47. The van der Waals surface area contributed by atoms with Gasteiger partial charge in [-0.15, -0.1) is 0 Å². The summed E-state index contributed by atoms with van der Waals surface area (Å²) in [7, 11) is 1.54. The van der Waals surface area contributed by atoms with Gasteiger partial charge in [0, 0.05) is 7.11 Å². The van der Waals surface area contributed by atoms with E-state index in [2.05, 4.69) is 0 Å². The predicted octanol–water partition coefficient (Wildman–Crippen LogP) is 11.0. The second-order valence-corrected chi connectivity index (χ2v) is 18.6. The van der Waals surface area contributed by atoms with Crippen molar-refractivity contribution in [2.75, 3.05) is 20.3 Å². The first kappa shape index (κ1) is 54.2. The highest BCUT2D eigenvalue weighted by atomic mass is 16.8. The molecule has 13 heteroatoms. The second-order valence-electron chi connectivity index (χ2n) is 18.6. The molecule has 2 fully saturated rings. The Bertz CT molecular complexity index is 2690. The van der Waals surface area contributed by atoms with E-state index in [1.54, 1.807) is 0 Å². The van der Waals surface area contributed by atoms with E-state index in [9.17, 15) is 4.79 Å².